The first-order valence-corrected chi connectivity index (χ1v) is 8.30. The summed E-state index contributed by atoms with van der Waals surface area (Å²) in [5.74, 6) is 1.05. The predicted molar refractivity (Wildman–Crippen MR) is 79.2 cm³/mol. The molecule has 1 heterocycles. The molecule has 0 unspecified atom stereocenters. The number of hydrogen-bond acceptors (Lipinski definition) is 2. The van der Waals surface area contributed by atoms with Gasteiger partial charge in [-0.2, -0.15) is 0 Å². The Morgan fingerprint density at radius 3 is 2.25 bits per heavy atom. The normalized spacial score (nSPS) is 20.1. The molecule has 1 aliphatic carbocycles. The van der Waals surface area contributed by atoms with E-state index in [4.69, 9.17) is 0 Å². The van der Waals surface area contributed by atoms with Crippen LogP contribution in [0.3, 0.4) is 0 Å². The number of carbonyl (C=O) groups excluding carboxylic acids is 2. The minimum Gasteiger partial charge on any atom is -0.356 e. The summed E-state index contributed by atoms with van der Waals surface area (Å²) in [5, 5.41) is 2.98. The zero-order valence-corrected chi connectivity index (χ0v) is 12.5. The Balaban J connectivity index is 1.54. The van der Waals surface area contributed by atoms with Gasteiger partial charge in [-0.05, 0) is 38.0 Å². The zero-order valence-electron chi connectivity index (χ0n) is 12.5. The summed E-state index contributed by atoms with van der Waals surface area (Å²) >= 11 is 0. The topological polar surface area (TPSA) is 49.4 Å². The van der Waals surface area contributed by atoms with Crippen LogP contribution in [-0.4, -0.2) is 36.3 Å². The Morgan fingerprint density at radius 1 is 0.950 bits per heavy atom. The van der Waals surface area contributed by atoms with Crippen LogP contribution in [-0.2, 0) is 9.59 Å². The molecule has 20 heavy (non-hydrogen) atoms. The van der Waals surface area contributed by atoms with E-state index in [0.717, 1.165) is 32.5 Å². The van der Waals surface area contributed by atoms with Gasteiger partial charge in [-0.15, -0.1) is 0 Å². The molecule has 1 N–H and O–H groups in total. The molecule has 1 saturated heterocycles. The molecule has 0 bridgehead atoms. The molecular weight excluding hydrogens is 252 g/mol. The summed E-state index contributed by atoms with van der Waals surface area (Å²) in [6, 6.07) is 0. The lowest BCUT2D eigenvalue weighted by atomic mass is 9.85. The van der Waals surface area contributed by atoms with Gasteiger partial charge in [0.2, 0.25) is 11.8 Å². The molecule has 114 valence electrons. The molecule has 4 heteroatoms. The van der Waals surface area contributed by atoms with Crippen LogP contribution in [0.15, 0.2) is 0 Å². The number of carbonyl (C=O) groups is 2. The van der Waals surface area contributed by atoms with Crippen molar-refractivity contribution >= 4 is 11.8 Å². The highest BCUT2D eigenvalue weighted by atomic mass is 16.2. The van der Waals surface area contributed by atoms with Gasteiger partial charge < -0.3 is 10.2 Å². The molecule has 0 atom stereocenters. The molecule has 0 aromatic rings. The third kappa shape index (κ3) is 5.14. The molecule has 2 rings (SSSR count). The highest BCUT2D eigenvalue weighted by Crippen LogP contribution is 2.25. The van der Waals surface area contributed by atoms with Gasteiger partial charge in [0.1, 0.15) is 0 Å². The van der Waals surface area contributed by atoms with Crippen molar-refractivity contribution < 1.29 is 9.59 Å². The van der Waals surface area contributed by atoms with Gasteiger partial charge in [0, 0.05) is 32.5 Å². The fourth-order valence-electron chi connectivity index (χ4n) is 2.92. The average Bonchev–Trinajstić information content (AvgIpc) is 2.65. The number of amides is 2. The van der Waals surface area contributed by atoms with E-state index < -0.39 is 0 Å². The van der Waals surface area contributed by atoms with Gasteiger partial charge in [-0.25, -0.2) is 0 Å². The second-order valence-corrected chi connectivity index (χ2v) is 6.25. The molecule has 1 saturated carbocycles. The number of hydrogen-bond donors (Lipinski definition) is 1. The van der Waals surface area contributed by atoms with Crippen LogP contribution in [0.1, 0.15) is 64.2 Å². The van der Waals surface area contributed by atoms with Crippen LogP contribution in [0.2, 0.25) is 0 Å². The molecule has 2 amide bonds. The van der Waals surface area contributed by atoms with Gasteiger partial charge in [-0.3, -0.25) is 9.59 Å². The van der Waals surface area contributed by atoms with Crippen molar-refractivity contribution in [3.8, 4) is 0 Å². The lowest BCUT2D eigenvalue weighted by Crippen LogP contribution is -2.33. The molecule has 1 aliphatic heterocycles. The van der Waals surface area contributed by atoms with Gasteiger partial charge in [0.05, 0.1) is 0 Å². The van der Waals surface area contributed by atoms with Crippen LogP contribution in [0.25, 0.3) is 0 Å². The second-order valence-electron chi connectivity index (χ2n) is 6.25. The monoisotopic (exact) mass is 280 g/mol. The maximum absolute atomic E-state index is 12.0. The van der Waals surface area contributed by atoms with Gasteiger partial charge >= 0.3 is 0 Å². The van der Waals surface area contributed by atoms with E-state index in [1.165, 1.54) is 32.1 Å². The van der Waals surface area contributed by atoms with Crippen molar-refractivity contribution in [2.45, 2.75) is 64.2 Å². The predicted octanol–water partition coefficient (Wildman–Crippen LogP) is 2.48. The van der Waals surface area contributed by atoms with E-state index in [9.17, 15) is 9.59 Å². The van der Waals surface area contributed by atoms with Crippen LogP contribution in [0.5, 0.6) is 0 Å². The maximum Gasteiger partial charge on any atom is 0.222 e. The lowest BCUT2D eigenvalue weighted by Gasteiger charge is -2.25. The first-order chi connectivity index (χ1) is 9.75. The molecule has 2 fully saturated rings. The van der Waals surface area contributed by atoms with Crippen molar-refractivity contribution in [1.29, 1.82) is 0 Å². The van der Waals surface area contributed by atoms with Crippen LogP contribution in [0, 0.1) is 5.92 Å². The van der Waals surface area contributed by atoms with Crippen molar-refractivity contribution in [3.05, 3.63) is 0 Å². The van der Waals surface area contributed by atoms with Crippen molar-refractivity contribution in [2.24, 2.45) is 5.92 Å². The lowest BCUT2D eigenvalue weighted by molar-refractivity contribution is -0.131. The molecule has 0 radical (unpaired) electrons. The largest absolute Gasteiger partial charge is 0.356 e. The highest BCUT2D eigenvalue weighted by molar-refractivity contribution is 5.79. The van der Waals surface area contributed by atoms with E-state index in [1.54, 1.807) is 0 Å². The van der Waals surface area contributed by atoms with E-state index in [0.29, 0.717) is 25.2 Å². The molecule has 2 aliphatic rings. The Labute approximate surface area is 122 Å². The summed E-state index contributed by atoms with van der Waals surface area (Å²) in [7, 11) is 0. The Morgan fingerprint density at radius 2 is 1.65 bits per heavy atom. The smallest absolute Gasteiger partial charge is 0.222 e. The number of nitrogens with zero attached hydrogens (tertiary/aromatic N) is 1. The maximum atomic E-state index is 12.0. The Kier molecular flexibility index (Phi) is 6.34. The number of likely N-dealkylation sites (tertiary alicyclic amines) is 1. The fraction of sp³-hybridized carbons (Fsp3) is 0.875. The van der Waals surface area contributed by atoms with Crippen LogP contribution in [0.4, 0.5) is 0 Å². The van der Waals surface area contributed by atoms with Gasteiger partial charge in [-0.1, -0.05) is 19.3 Å². The SMILES string of the molecule is O=C(CCCC(=O)N1CCCCCC1)NCC1CCC1. The van der Waals surface area contributed by atoms with E-state index in [2.05, 4.69) is 5.32 Å². The van der Waals surface area contributed by atoms with Crippen LogP contribution >= 0.6 is 0 Å². The fourth-order valence-corrected chi connectivity index (χ4v) is 2.92. The zero-order chi connectivity index (χ0) is 14.2. The van der Waals surface area contributed by atoms with Gasteiger partial charge in [0.15, 0.2) is 0 Å². The number of rotatable bonds is 6. The van der Waals surface area contributed by atoms with E-state index in [1.807, 2.05) is 4.90 Å². The van der Waals surface area contributed by atoms with Crippen molar-refractivity contribution in [1.82, 2.24) is 10.2 Å². The summed E-state index contributed by atoms with van der Waals surface area (Å²) in [4.78, 5) is 25.7. The first-order valence-electron chi connectivity index (χ1n) is 8.30. The van der Waals surface area contributed by atoms with E-state index >= 15 is 0 Å². The van der Waals surface area contributed by atoms with Gasteiger partial charge in [0.25, 0.3) is 0 Å². The number of nitrogens with one attached hydrogen (secondary N) is 1. The van der Waals surface area contributed by atoms with Crippen LogP contribution < -0.4 is 5.32 Å². The molecule has 0 aromatic carbocycles. The summed E-state index contributed by atoms with van der Waals surface area (Å²) in [5.41, 5.74) is 0. The average molecular weight is 280 g/mol. The quantitative estimate of drug-likeness (QED) is 0.812. The summed E-state index contributed by atoms with van der Waals surface area (Å²) in [6.07, 6.45) is 10.3. The minimum absolute atomic E-state index is 0.112. The Hall–Kier alpha value is -1.06. The highest BCUT2D eigenvalue weighted by Gasteiger charge is 2.18. The van der Waals surface area contributed by atoms with E-state index in [-0.39, 0.29) is 11.8 Å². The third-order valence-corrected chi connectivity index (χ3v) is 4.57. The van der Waals surface area contributed by atoms with Crippen molar-refractivity contribution in [2.75, 3.05) is 19.6 Å². The molecular formula is C16H28N2O2. The summed E-state index contributed by atoms with van der Waals surface area (Å²) in [6.45, 7) is 2.65. The standard InChI is InChI=1S/C16H28N2O2/c19-15(17-13-14-7-5-8-14)9-6-10-16(20)18-11-3-1-2-4-12-18/h14H,1-13H2,(H,17,19). The third-order valence-electron chi connectivity index (χ3n) is 4.57. The Bertz CT molecular complexity index is 318. The second kappa shape index (κ2) is 8.28. The molecule has 4 nitrogen and oxygen atoms in total. The molecule has 0 aromatic heterocycles. The molecule has 0 spiro atoms. The van der Waals surface area contributed by atoms with Crippen molar-refractivity contribution in [3.63, 3.8) is 0 Å². The first kappa shape index (κ1) is 15.3. The summed E-state index contributed by atoms with van der Waals surface area (Å²) < 4.78 is 0. The minimum atomic E-state index is 0.112.